The summed E-state index contributed by atoms with van der Waals surface area (Å²) in [5.41, 5.74) is 3.30. The first-order valence-electron chi connectivity index (χ1n) is 6.30. The summed E-state index contributed by atoms with van der Waals surface area (Å²) in [6.45, 7) is 3.87. The van der Waals surface area contributed by atoms with Crippen LogP contribution in [0, 0.1) is 0 Å². The van der Waals surface area contributed by atoms with Gasteiger partial charge in [-0.2, -0.15) is 0 Å². The summed E-state index contributed by atoms with van der Waals surface area (Å²) in [5.74, 6) is 0. The number of aromatic nitrogens is 2. The number of benzene rings is 1. The van der Waals surface area contributed by atoms with Crippen LogP contribution in [0.5, 0.6) is 0 Å². The maximum Gasteiger partial charge on any atom is 0.147 e. The van der Waals surface area contributed by atoms with Crippen LogP contribution in [0.25, 0.3) is 0 Å². The first kappa shape index (κ1) is 12.2. The Morgan fingerprint density at radius 1 is 1.32 bits per heavy atom. The molecule has 1 aliphatic rings. The van der Waals surface area contributed by atoms with E-state index in [-0.39, 0.29) is 0 Å². The molecule has 0 radical (unpaired) electrons. The number of para-hydroxylation sites is 2. The quantitative estimate of drug-likeness (QED) is 0.914. The van der Waals surface area contributed by atoms with Gasteiger partial charge in [0.2, 0.25) is 0 Å². The van der Waals surface area contributed by atoms with Crippen molar-refractivity contribution in [1.29, 1.82) is 0 Å². The van der Waals surface area contributed by atoms with Gasteiger partial charge in [-0.3, -0.25) is 4.98 Å². The average molecular weight is 275 g/mol. The van der Waals surface area contributed by atoms with Gasteiger partial charge < -0.3 is 10.2 Å². The minimum Gasteiger partial charge on any atom is -0.381 e. The second-order valence-corrected chi connectivity index (χ2v) is 5.09. The highest BCUT2D eigenvalue weighted by Gasteiger charge is 2.22. The van der Waals surface area contributed by atoms with Gasteiger partial charge in [-0.1, -0.05) is 23.7 Å². The van der Waals surface area contributed by atoms with Crippen molar-refractivity contribution in [3.05, 3.63) is 47.5 Å². The molecule has 1 aromatic carbocycles. The van der Waals surface area contributed by atoms with E-state index >= 15 is 0 Å². The molecule has 0 amide bonds. The van der Waals surface area contributed by atoms with E-state index in [2.05, 4.69) is 45.3 Å². The van der Waals surface area contributed by atoms with Gasteiger partial charge in [0.15, 0.2) is 0 Å². The SMILES string of the molecule is CC1CNc2ccccc2N1Cc1cnc(Cl)cn1. The molecule has 2 aromatic rings. The molecule has 3 rings (SSSR count). The van der Waals surface area contributed by atoms with Gasteiger partial charge in [-0.25, -0.2) is 4.98 Å². The Hall–Kier alpha value is -1.81. The monoisotopic (exact) mass is 274 g/mol. The fourth-order valence-electron chi connectivity index (χ4n) is 2.32. The zero-order chi connectivity index (χ0) is 13.2. The molecule has 1 aliphatic heterocycles. The number of halogens is 1. The van der Waals surface area contributed by atoms with E-state index in [1.165, 1.54) is 11.4 Å². The third-order valence-corrected chi connectivity index (χ3v) is 3.53. The highest BCUT2D eigenvalue weighted by molar-refractivity contribution is 6.29. The van der Waals surface area contributed by atoms with Crippen LogP contribution in [-0.4, -0.2) is 22.6 Å². The Morgan fingerprint density at radius 2 is 2.16 bits per heavy atom. The molecule has 2 heterocycles. The van der Waals surface area contributed by atoms with Crippen LogP contribution in [0.1, 0.15) is 12.6 Å². The highest BCUT2D eigenvalue weighted by Crippen LogP contribution is 2.31. The van der Waals surface area contributed by atoms with Crippen molar-refractivity contribution in [1.82, 2.24) is 9.97 Å². The first-order valence-corrected chi connectivity index (χ1v) is 6.68. The lowest BCUT2D eigenvalue weighted by Gasteiger charge is -2.37. The zero-order valence-electron chi connectivity index (χ0n) is 10.7. The molecular weight excluding hydrogens is 260 g/mol. The van der Waals surface area contributed by atoms with E-state index in [0.29, 0.717) is 11.2 Å². The largest absolute Gasteiger partial charge is 0.381 e. The van der Waals surface area contributed by atoms with Gasteiger partial charge in [0.25, 0.3) is 0 Å². The van der Waals surface area contributed by atoms with Crippen LogP contribution >= 0.6 is 11.6 Å². The summed E-state index contributed by atoms with van der Waals surface area (Å²) in [6, 6.07) is 8.73. The number of hydrogen-bond donors (Lipinski definition) is 1. The lowest BCUT2D eigenvalue weighted by atomic mass is 10.1. The summed E-state index contributed by atoms with van der Waals surface area (Å²) in [5, 5.41) is 3.87. The predicted molar refractivity (Wildman–Crippen MR) is 77.6 cm³/mol. The number of nitrogens with zero attached hydrogens (tertiary/aromatic N) is 3. The molecule has 0 bridgehead atoms. The molecule has 1 N–H and O–H groups in total. The summed E-state index contributed by atoms with van der Waals surface area (Å²) < 4.78 is 0. The smallest absolute Gasteiger partial charge is 0.147 e. The van der Waals surface area contributed by atoms with Crippen LogP contribution in [-0.2, 0) is 6.54 Å². The minimum atomic E-state index is 0.410. The van der Waals surface area contributed by atoms with E-state index in [9.17, 15) is 0 Å². The van der Waals surface area contributed by atoms with E-state index in [1.807, 2.05) is 6.07 Å². The van der Waals surface area contributed by atoms with Crippen LogP contribution in [0.3, 0.4) is 0 Å². The fourth-order valence-corrected chi connectivity index (χ4v) is 2.41. The van der Waals surface area contributed by atoms with Crippen molar-refractivity contribution in [2.75, 3.05) is 16.8 Å². The van der Waals surface area contributed by atoms with Crippen molar-refractivity contribution in [2.45, 2.75) is 19.5 Å². The Balaban J connectivity index is 1.89. The Labute approximate surface area is 117 Å². The average Bonchev–Trinajstić information content (AvgIpc) is 2.44. The van der Waals surface area contributed by atoms with Crippen LogP contribution in [0.4, 0.5) is 11.4 Å². The van der Waals surface area contributed by atoms with Gasteiger partial charge >= 0.3 is 0 Å². The highest BCUT2D eigenvalue weighted by atomic mass is 35.5. The summed E-state index contributed by atoms with van der Waals surface area (Å²) >= 11 is 5.77. The Kier molecular flexibility index (Phi) is 3.25. The van der Waals surface area contributed by atoms with Gasteiger partial charge in [-0.15, -0.1) is 0 Å². The van der Waals surface area contributed by atoms with Crippen molar-refractivity contribution in [2.24, 2.45) is 0 Å². The number of nitrogens with one attached hydrogen (secondary N) is 1. The molecule has 0 fully saturated rings. The molecule has 0 saturated carbocycles. The van der Waals surface area contributed by atoms with Crippen molar-refractivity contribution in [3.8, 4) is 0 Å². The zero-order valence-corrected chi connectivity index (χ0v) is 11.4. The summed E-state index contributed by atoms with van der Waals surface area (Å²) in [4.78, 5) is 10.7. The molecular formula is C14H15ClN4. The van der Waals surface area contributed by atoms with E-state index in [0.717, 1.165) is 18.8 Å². The lowest BCUT2D eigenvalue weighted by molar-refractivity contribution is 0.633. The van der Waals surface area contributed by atoms with E-state index < -0.39 is 0 Å². The van der Waals surface area contributed by atoms with Crippen molar-refractivity contribution < 1.29 is 0 Å². The minimum absolute atomic E-state index is 0.410. The maximum atomic E-state index is 5.77. The number of hydrogen-bond acceptors (Lipinski definition) is 4. The first-order chi connectivity index (χ1) is 9.24. The number of anilines is 2. The van der Waals surface area contributed by atoms with E-state index in [4.69, 9.17) is 11.6 Å². The molecule has 19 heavy (non-hydrogen) atoms. The molecule has 0 spiro atoms. The van der Waals surface area contributed by atoms with Gasteiger partial charge in [0.05, 0.1) is 36.0 Å². The summed E-state index contributed by atoms with van der Waals surface area (Å²) in [7, 11) is 0. The van der Waals surface area contributed by atoms with Crippen LogP contribution in [0.15, 0.2) is 36.7 Å². The summed E-state index contributed by atoms with van der Waals surface area (Å²) in [6.07, 6.45) is 3.33. The van der Waals surface area contributed by atoms with Gasteiger partial charge in [-0.05, 0) is 19.1 Å². The van der Waals surface area contributed by atoms with Gasteiger partial charge in [0, 0.05) is 12.6 Å². The van der Waals surface area contributed by atoms with Crippen LogP contribution < -0.4 is 10.2 Å². The Bertz CT molecular complexity index is 570. The molecule has 1 aromatic heterocycles. The van der Waals surface area contributed by atoms with Gasteiger partial charge in [0.1, 0.15) is 5.15 Å². The normalized spacial score (nSPS) is 17.8. The molecule has 0 aliphatic carbocycles. The van der Waals surface area contributed by atoms with Crippen molar-refractivity contribution >= 4 is 23.0 Å². The van der Waals surface area contributed by atoms with Crippen LogP contribution in [0.2, 0.25) is 5.15 Å². The Morgan fingerprint density at radius 3 is 2.95 bits per heavy atom. The number of rotatable bonds is 2. The molecule has 98 valence electrons. The molecule has 1 unspecified atom stereocenters. The predicted octanol–water partition coefficient (Wildman–Crippen LogP) is 2.95. The maximum absolute atomic E-state index is 5.77. The lowest BCUT2D eigenvalue weighted by Crippen LogP contribution is -2.41. The molecule has 5 heteroatoms. The van der Waals surface area contributed by atoms with E-state index in [1.54, 1.807) is 12.4 Å². The second kappa shape index (κ2) is 5.05. The molecule has 0 saturated heterocycles. The van der Waals surface area contributed by atoms with Crippen molar-refractivity contribution in [3.63, 3.8) is 0 Å². The fraction of sp³-hybridized carbons (Fsp3) is 0.286. The molecule has 4 nitrogen and oxygen atoms in total. The number of fused-ring (bicyclic) bond motifs is 1. The second-order valence-electron chi connectivity index (χ2n) is 4.71. The third-order valence-electron chi connectivity index (χ3n) is 3.34. The molecule has 1 atom stereocenters. The standard InChI is InChI=1S/C14H15ClN4/c1-10-6-17-12-4-2-3-5-13(12)19(10)9-11-7-18-14(15)8-16-11/h2-5,7-8,10,17H,6,9H2,1H3. The topological polar surface area (TPSA) is 41.0 Å². The third kappa shape index (κ3) is 2.49.